The Balaban J connectivity index is -0.0000000866. The van der Waals surface area contributed by atoms with Gasteiger partial charge in [0, 0.05) is 341 Å². The van der Waals surface area contributed by atoms with Crippen molar-refractivity contribution in [1.29, 1.82) is 0 Å². The average molecular weight is 2150 g/mol. The Labute approximate surface area is 797 Å². The maximum absolute atomic E-state index is 11.0. The van der Waals surface area contributed by atoms with E-state index in [0.29, 0.717) is 12.9 Å². The Morgan fingerprint density at radius 3 is 0.348 bits per heavy atom. The van der Waals surface area contributed by atoms with Crippen LogP contribution < -0.4 is 0 Å². The van der Waals surface area contributed by atoms with Crippen molar-refractivity contribution in [2.24, 2.45) is 32.5 Å². The summed E-state index contributed by atoms with van der Waals surface area (Å²) in [5.41, 5.74) is -12.5. The minimum absolute atomic E-state index is 0. The topological polar surface area (TPSA) is 632 Å². The molecular formula is C37H18N12O28Y12-8. The van der Waals surface area contributed by atoms with Gasteiger partial charge in [-0.1, -0.05) is 20.4 Å². The smallest absolute Gasteiger partial charge is 0.665 e. The Bertz CT molecular complexity index is 2500. The van der Waals surface area contributed by atoms with Gasteiger partial charge in [0.1, 0.15) is 21.7 Å². The van der Waals surface area contributed by atoms with Crippen molar-refractivity contribution < 1.29 is 527 Å². The van der Waals surface area contributed by atoms with Crippen LogP contribution in [0.3, 0.4) is 0 Å². The van der Waals surface area contributed by atoms with Crippen LogP contribution in [0.1, 0.15) is 7.43 Å². The molecule has 0 aromatic heterocycles. The fraction of sp³-hybridized carbons (Fsp3) is 0.243. The number of imide groups is 12. The molecular weight excluding hydrogens is 2130 g/mol. The van der Waals surface area contributed by atoms with E-state index in [0.717, 1.165) is 9.80 Å². The van der Waals surface area contributed by atoms with Gasteiger partial charge in [0.15, 0.2) is 0 Å². The maximum Gasteiger partial charge on any atom is 3.00 e. The quantitative estimate of drug-likeness (QED) is 0.129. The fourth-order valence-corrected chi connectivity index (χ4v) is 6.45. The van der Waals surface area contributed by atoms with Crippen LogP contribution in [-0.4, -0.2) is 189 Å². The number of rotatable bonds is 0. The first-order chi connectivity index (χ1) is 34.3. The van der Waals surface area contributed by atoms with Crippen molar-refractivity contribution in [2.75, 3.05) is 14.1 Å². The van der Waals surface area contributed by atoms with Crippen LogP contribution in [0.15, 0.2) is 0 Å². The first-order valence-electron chi connectivity index (χ1n) is 18.0. The Kier molecular flexibility index (Phi) is 56.1. The van der Waals surface area contributed by atoms with Crippen LogP contribution in [0.4, 0.5) is 0 Å². The fourth-order valence-electron chi connectivity index (χ4n) is 6.45. The van der Waals surface area contributed by atoms with Crippen LogP contribution in [0.2, 0.25) is 0 Å². The molecule has 0 aliphatic carbocycles. The van der Waals surface area contributed by atoms with Gasteiger partial charge in [-0.2, -0.15) is 0 Å². The van der Waals surface area contributed by atoms with Crippen molar-refractivity contribution >= 4 is 155 Å². The third-order valence-electron chi connectivity index (χ3n) is 10.9. The van der Waals surface area contributed by atoms with Crippen LogP contribution in [0, 0.1) is 47.3 Å². The molecule has 12 aliphatic heterocycles. The summed E-state index contributed by atoms with van der Waals surface area (Å²) in [6, 6.07) is 0. The molecule has 0 aromatic rings. The molecule has 12 heterocycles. The summed E-state index contributed by atoms with van der Waals surface area (Å²) in [5.74, 6) is -22.5. The van der Waals surface area contributed by atoms with Crippen LogP contribution >= 0.6 is 0 Å². The molecule has 12 aliphatic rings. The largest absolute Gasteiger partial charge is 3.00 e. The van der Waals surface area contributed by atoms with Gasteiger partial charge in [-0.25, -0.2) is 0 Å². The second kappa shape index (κ2) is 43.4. The van der Waals surface area contributed by atoms with Crippen molar-refractivity contribution in [3.05, 3.63) is 68.0 Å². The molecule has 89 heavy (non-hydrogen) atoms. The van der Waals surface area contributed by atoms with E-state index >= 15 is 0 Å². The van der Waals surface area contributed by atoms with E-state index in [2.05, 4.69) is 53.2 Å². The Hall–Kier alpha value is 1.87. The molecule has 10 radical (unpaired) electrons. The molecule has 24 amide bonds. The van der Waals surface area contributed by atoms with Crippen molar-refractivity contribution in [3.63, 3.8) is 0 Å². The molecule has 438 valence electrons. The van der Waals surface area contributed by atoms with E-state index in [4.69, 9.17) is 19.8 Å². The van der Waals surface area contributed by atoms with E-state index in [1.807, 2.05) is 0 Å². The number of β-lactam (4-membered cyclic amide) rings is 24. The first kappa shape index (κ1) is 115. The summed E-state index contributed by atoms with van der Waals surface area (Å²) in [7, 11) is 2.43. The third kappa shape index (κ3) is 17.0. The van der Waals surface area contributed by atoms with Crippen LogP contribution in [0.5, 0.6) is 0 Å². The number of nitrogens with zero attached hydrogens (tertiary/aromatic N) is 12. The van der Waals surface area contributed by atoms with Crippen molar-refractivity contribution in [1.82, 2.24) is 9.80 Å². The minimum Gasteiger partial charge on any atom is -0.665 e. The first-order valence-corrected chi connectivity index (χ1v) is 18.0. The molecule has 2 N–H and O–H groups in total. The number of aliphatic hydroxyl groups excluding tert-OH is 2. The number of hydrogen-bond donors (Lipinski definition) is 2. The molecule has 0 bridgehead atoms. The summed E-state index contributed by atoms with van der Waals surface area (Å²) in [6.07, 6.45) is 0. The predicted molar refractivity (Wildman–Crippen MR) is 220 cm³/mol. The van der Waals surface area contributed by atoms with Gasteiger partial charge in [-0.05, 0) is 0 Å². The van der Waals surface area contributed by atoms with Gasteiger partial charge in [0.05, 0.1) is 118 Å². The van der Waals surface area contributed by atoms with E-state index in [9.17, 15) is 115 Å². The standard InChI is InChI=1S/2C6H4N2O4.4C5H2N2O4.2CHO2.CH4.2CH3.12Y/c2*1-8-4(11)6(5(8)12)2(9)7-3(6)10;4*8-1-5(2(9)6-1)3(10)7-4(5)11;2*2-1-3;;;;;;;;;;;;;;;/h2*1H3,(H,7,9,10);4*(H2,6,7,8,9,10,11);2*(H,2,3);1H4;2*1H3;;;;;;;;;;;;/q;;;;;;2*-1;;2*-1;;;;;;;;;;;2*+3/p-10. The van der Waals surface area contributed by atoms with Crippen LogP contribution in [0.25, 0.3) is 53.2 Å². The normalized spacial score (nSPS) is 19.7. The van der Waals surface area contributed by atoms with Gasteiger partial charge < -0.3 is 184 Å². The minimum atomic E-state index is -2.11. The predicted octanol–water partition coefficient (Wildman–Crippen LogP) is -7.03. The van der Waals surface area contributed by atoms with E-state index in [-0.39, 0.29) is 415 Å². The summed E-state index contributed by atoms with van der Waals surface area (Å²) in [4.78, 5) is 274. The van der Waals surface area contributed by atoms with E-state index in [1.54, 1.807) is 0 Å². The molecule has 52 heteroatoms. The SMILES string of the molecule is C.CN1C(=O)C2(C(=O)[N-]C2=O)C1=O.CN1C(=O)C2(C(=O)[N-]C2=O)C1=O.O=C1[N-]C(=O)C12C(=O)[N-]C2=O.O=C1[N-]C(=O)C12C(=O)[N-]C2=O.O=C1[N-]C(=O)C12C(=O)[N-]C2=O.O=C1[N-]C(=O)C12C(=O)[N-]C2=O.O=[C-]O.O=[C-]O.[CH3-].[CH3-].[Y+3].[Y+3].[Y].[Y].[Y].[Y].[Y].[Y].[Y].[Y].[Y].[Y]. The van der Waals surface area contributed by atoms with Gasteiger partial charge >= 0.3 is 65.4 Å². The Morgan fingerprint density at radius 1 is 0.247 bits per heavy atom. The second-order valence-electron chi connectivity index (χ2n) is 14.2. The number of amides is 24. The molecule has 12 fully saturated rings. The molecule has 0 saturated carbocycles. The second-order valence-corrected chi connectivity index (χ2v) is 14.2. The Morgan fingerprint density at radius 2 is 0.315 bits per heavy atom. The number of carbonyl (C=O) groups excluding carboxylic acids is 24. The zero-order valence-electron chi connectivity index (χ0n) is 43.8. The molecule has 12 rings (SSSR count). The molecule has 0 atom stereocenters. The van der Waals surface area contributed by atoms with Crippen molar-refractivity contribution in [3.8, 4) is 0 Å². The number of likely N-dealkylation sites (tertiary alicyclic amines) is 2. The van der Waals surface area contributed by atoms with Gasteiger partial charge in [0.25, 0.3) is 23.6 Å². The van der Waals surface area contributed by atoms with E-state index < -0.39 is 174 Å². The van der Waals surface area contributed by atoms with Gasteiger partial charge in [-0.3, -0.25) is 29.0 Å². The molecule has 0 unspecified atom stereocenters. The monoisotopic (exact) mass is 2140 g/mol. The molecule has 40 nitrogen and oxygen atoms in total. The summed E-state index contributed by atoms with van der Waals surface area (Å²) >= 11 is 0. The number of carbonyl (C=O) groups is 24. The number of hydrogen-bond acceptors (Lipinski definition) is 26. The average Bonchev–Trinajstić information content (AvgIpc) is 3.29. The van der Waals surface area contributed by atoms with Gasteiger partial charge in [-0.15, -0.1) is 0 Å². The third-order valence-corrected chi connectivity index (χ3v) is 10.9. The maximum atomic E-state index is 11.0. The zero-order valence-corrected chi connectivity index (χ0v) is 77.9. The summed E-state index contributed by atoms with van der Waals surface area (Å²) < 4.78 is 0. The van der Waals surface area contributed by atoms with Crippen LogP contribution in [-0.2, 0) is 517 Å². The van der Waals surface area contributed by atoms with E-state index in [1.165, 1.54) is 14.1 Å². The zero-order chi connectivity index (χ0) is 56.5. The van der Waals surface area contributed by atoms with Gasteiger partial charge in [0.2, 0.25) is 10.8 Å². The summed E-state index contributed by atoms with van der Waals surface area (Å²) in [5, 5.41) is 41.9. The molecule has 6 spiro atoms. The summed E-state index contributed by atoms with van der Waals surface area (Å²) in [6.45, 7) is 1.00. The molecule has 0 aromatic carbocycles. The van der Waals surface area contributed by atoms with Crippen molar-refractivity contribution in [2.45, 2.75) is 7.43 Å². The molecule has 12 saturated heterocycles.